The number of hydrogen-bond acceptors (Lipinski definition) is 2. The number of nitrogens with one attached hydrogen (secondary N) is 2. The van der Waals surface area contributed by atoms with Gasteiger partial charge in [0.1, 0.15) is 11.6 Å². The fourth-order valence-electron chi connectivity index (χ4n) is 1.45. The quantitative estimate of drug-likeness (QED) is 0.638. The van der Waals surface area contributed by atoms with Crippen molar-refractivity contribution in [1.82, 2.24) is 10.6 Å². The molecular weight excluding hydrogens is 258 g/mol. The van der Waals surface area contributed by atoms with Gasteiger partial charge in [0.25, 0.3) is 0 Å². The van der Waals surface area contributed by atoms with Crippen molar-refractivity contribution in [2.45, 2.75) is 32.9 Å². The molecule has 0 amide bonds. The van der Waals surface area contributed by atoms with Gasteiger partial charge in [-0.05, 0) is 32.9 Å². The van der Waals surface area contributed by atoms with E-state index in [0.29, 0.717) is 6.54 Å². The third-order valence-electron chi connectivity index (χ3n) is 2.36. The maximum Gasteiger partial charge on any atom is 0.142 e. The minimum Gasteiger partial charge on any atom is -0.311 e. The molecule has 0 aliphatic rings. The molecule has 0 spiro atoms. The van der Waals surface area contributed by atoms with Crippen LogP contribution in [0, 0.1) is 11.6 Å². The summed E-state index contributed by atoms with van der Waals surface area (Å²) < 4.78 is 26.6. The van der Waals surface area contributed by atoms with Gasteiger partial charge in [-0.1, -0.05) is 11.6 Å². The van der Waals surface area contributed by atoms with Gasteiger partial charge in [-0.25, -0.2) is 8.78 Å². The molecule has 0 atom stereocenters. The summed E-state index contributed by atoms with van der Waals surface area (Å²) in [7, 11) is 0. The van der Waals surface area contributed by atoms with Crippen molar-refractivity contribution in [2.75, 3.05) is 13.1 Å². The Bertz CT molecular complexity index is 403. The normalized spacial score (nSPS) is 11.9. The van der Waals surface area contributed by atoms with E-state index in [2.05, 4.69) is 31.4 Å². The van der Waals surface area contributed by atoms with Gasteiger partial charge in [0, 0.05) is 30.7 Å². The summed E-state index contributed by atoms with van der Waals surface area (Å²) in [6.45, 7) is 7.94. The topological polar surface area (TPSA) is 24.1 Å². The van der Waals surface area contributed by atoms with Gasteiger partial charge in [0.05, 0.1) is 5.02 Å². The van der Waals surface area contributed by atoms with Crippen LogP contribution in [-0.4, -0.2) is 18.6 Å². The molecule has 2 nitrogen and oxygen atoms in total. The molecule has 0 fully saturated rings. The molecule has 0 aliphatic carbocycles. The van der Waals surface area contributed by atoms with Crippen molar-refractivity contribution in [2.24, 2.45) is 0 Å². The van der Waals surface area contributed by atoms with Gasteiger partial charge >= 0.3 is 0 Å². The predicted molar refractivity (Wildman–Crippen MR) is 70.8 cm³/mol. The number of benzene rings is 1. The molecule has 1 rings (SSSR count). The standard InChI is InChI=1S/C13H19ClF2N2/c1-13(2,3)18-5-4-17-8-9-6-12(16)10(14)7-11(9)15/h6-7,17-18H,4-5,8H2,1-3H3. The molecule has 1 aromatic carbocycles. The summed E-state index contributed by atoms with van der Waals surface area (Å²) in [6, 6.07) is 2.13. The molecule has 0 unspecified atom stereocenters. The zero-order valence-corrected chi connectivity index (χ0v) is 11.7. The molecular formula is C13H19ClF2N2. The van der Waals surface area contributed by atoms with Crippen molar-refractivity contribution in [3.8, 4) is 0 Å². The highest BCUT2D eigenvalue weighted by Crippen LogP contribution is 2.19. The van der Waals surface area contributed by atoms with Crippen LogP contribution >= 0.6 is 11.6 Å². The molecule has 18 heavy (non-hydrogen) atoms. The third kappa shape index (κ3) is 5.29. The van der Waals surface area contributed by atoms with Crippen LogP contribution in [0.25, 0.3) is 0 Å². The Morgan fingerprint density at radius 1 is 1.11 bits per heavy atom. The highest BCUT2D eigenvalue weighted by atomic mass is 35.5. The average molecular weight is 277 g/mol. The molecule has 0 saturated heterocycles. The Morgan fingerprint density at radius 3 is 2.39 bits per heavy atom. The molecule has 0 aliphatic heterocycles. The molecule has 0 bridgehead atoms. The van der Waals surface area contributed by atoms with E-state index in [4.69, 9.17) is 11.6 Å². The second-order valence-corrected chi connectivity index (χ2v) is 5.62. The van der Waals surface area contributed by atoms with Crippen molar-refractivity contribution in [3.05, 3.63) is 34.4 Å². The predicted octanol–water partition coefficient (Wildman–Crippen LogP) is 3.10. The molecule has 0 heterocycles. The summed E-state index contributed by atoms with van der Waals surface area (Å²) in [5, 5.41) is 6.15. The molecule has 102 valence electrons. The lowest BCUT2D eigenvalue weighted by molar-refractivity contribution is 0.420. The van der Waals surface area contributed by atoms with E-state index in [1.54, 1.807) is 0 Å². The maximum atomic E-state index is 13.4. The van der Waals surface area contributed by atoms with E-state index in [9.17, 15) is 8.78 Å². The first-order valence-electron chi connectivity index (χ1n) is 5.89. The third-order valence-corrected chi connectivity index (χ3v) is 2.65. The lowest BCUT2D eigenvalue weighted by atomic mass is 10.1. The van der Waals surface area contributed by atoms with Crippen LogP contribution in [0.1, 0.15) is 26.3 Å². The first kappa shape index (κ1) is 15.3. The maximum absolute atomic E-state index is 13.4. The summed E-state index contributed by atoms with van der Waals surface area (Å²) in [6.07, 6.45) is 0. The fraction of sp³-hybridized carbons (Fsp3) is 0.538. The van der Waals surface area contributed by atoms with Crippen LogP contribution in [-0.2, 0) is 6.54 Å². The van der Waals surface area contributed by atoms with E-state index in [0.717, 1.165) is 18.7 Å². The van der Waals surface area contributed by atoms with E-state index in [1.807, 2.05) is 0 Å². The van der Waals surface area contributed by atoms with Crippen LogP contribution in [0.3, 0.4) is 0 Å². The molecule has 0 saturated carbocycles. The van der Waals surface area contributed by atoms with Crippen LogP contribution in [0.4, 0.5) is 8.78 Å². The minimum atomic E-state index is -0.595. The smallest absolute Gasteiger partial charge is 0.142 e. The van der Waals surface area contributed by atoms with Crippen molar-refractivity contribution < 1.29 is 8.78 Å². The monoisotopic (exact) mass is 276 g/mol. The lowest BCUT2D eigenvalue weighted by Crippen LogP contribution is -2.40. The van der Waals surface area contributed by atoms with Crippen LogP contribution < -0.4 is 10.6 Å². The van der Waals surface area contributed by atoms with Gasteiger partial charge < -0.3 is 10.6 Å². The zero-order chi connectivity index (χ0) is 13.8. The largest absolute Gasteiger partial charge is 0.311 e. The van der Waals surface area contributed by atoms with E-state index < -0.39 is 11.6 Å². The molecule has 1 aromatic rings. The van der Waals surface area contributed by atoms with Crippen LogP contribution in [0.2, 0.25) is 5.02 Å². The molecule has 2 N–H and O–H groups in total. The van der Waals surface area contributed by atoms with E-state index in [1.165, 1.54) is 0 Å². The Labute approximate surface area is 112 Å². The van der Waals surface area contributed by atoms with E-state index in [-0.39, 0.29) is 22.7 Å². The Hall–Kier alpha value is -0.710. The van der Waals surface area contributed by atoms with Crippen molar-refractivity contribution >= 4 is 11.6 Å². The van der Waals surface area contributed by atoms with E-state index >= 15 is 0 Å². The Kier molecular flexibility index (Phi) is 5.50. The first-order valence-corrected chi connectivity index (χ1v) is 6.26. The van der Waals surface area contributed by atoms with Gasteiger partial charge in [-0.15, -0.1) is 0 Å². The van der Waals surface area contributed by atoms with Gasteiger partial charge in [0.15, 0.2) is 0 Å². The highest BCUT2D eigenvalue weighted by Gasteiger charge is 2.09. The fourth-order valence-corrected chi connectivity index (χ4v) is 1.60. The summed E-state index contributed by atoms with van der Waals surface area (Å²) in [5.74, 6) is -1.08. The van der Waals surface area contributed by atoms with Gasteiger partial charge in [-0.2, -0.15) is 0 Å². The highest BCUT2D eigenvalue weighted by molar-refractivity contribution is 6.30. The number of rotatable bonds is 5. The number of hydrogen-bond donors (Lipinski definition) is 2. The molecule has 5 heteroatoms. The average Bonchev–Trinajstić information content (AvgIpc) is 2.23. The minimum absolute atomic E-state index is 0.0549. The Morgan fingerprint density at radius 2 is 1.78 bits per heavy atom. The summed E-state index contributed by atoms with van der Waals surface area (Å²) in [4.78, 5) is 0. The van der Waals surface area contributed by atoms with Crippen LogP contribution in [0.5, 0.6) is 0 Å². The zero-order valence-electron chi connectivity index (χ0n) is 10.9. The second-order valence-electron chi connectivity index (χ2n) is 5.21. The van der Waals surface area contributed by atoms with Crippen LogP contribution in [0.15, 0.2) is 12.1 Å². The summed E-state index contributed by atoms with van der Waals surface area (Å²) >= 11 is 5.47. The van der Waals surface area contributed by atoms with Crippen molar-refractivity contribution in [1.29, 1.82) is 0 Å². The molecule has 0 radical (unpaired) electrons. The lowest BCUT2D eigenvalue weighted by Gasteiger charge is -2.20. The van der Waals surface area contributed by atoms with Gasteiger partial charge in [-0.3, -0.25) is 0 Å². The SMILES string of the molecule is CC(C)(C)NCCNCc1cc(F)c(Cl)cc1F. The second kappa shape index (κ2) is 6.45. The van der Waals surface area contributed by atoms with Crippen molar-refractivity contribution in [3.63, 3.8) is 0 Å². The Balaban J connectivity index is 2.38. The van der Waals surface area contributed by atoms with Gasteiger partial charge in [0.2, 0.25) is 0 Å². The first-order chi connectivity index (χ1) is 8.29. The number of halogens is 3. The molecule has 0 aromatic heterocycles. The summed E-state index contributed by atoms with van der Waals surface area (Å²) in [5.41, 5.74) is 0.340.